The smallest absolute Gasteiger partial charge is 0.162 e. The molecule has 0 saturated heterocycles. The summed E-state index contributed by atoms with van der Waals surface area (Å²) in [5.74, 6) is 0. The van der Waals surface area contributed by atoms with E-state index >= 15 is 0 Å². The molecular weight excluding hydrogens is 418 g/mol. The van der Waals surface area contributed by atoms with Gasteiger partial charge in [-0.2, -0.15) is 5.26 Å². The van der Waals surface area contributed by atoms with Gasteiger partial charge in [-0.3, -0.25) is 4.79 Å². The Kier molecular flexibility index (Phi) is 8.91. The quantitative estimate of drug-likeness (QED) is 0.146. The van der Waals surface area contributed by atoms with Crippen molar-refractivity contribution in [1.29, 1.82) is 5.26 Å². The number of nitriles is 1. The van der Waals surface area contributed by atoms with Gasteiger partial charge in [-0.25, -0.2) is 9.98 Å². The third-order valence-corrected chi connectivity index (χ3v) is 6.19. The van der Waals surface area contributed by atoms with Crippen LogP contribution in [0.25, 0.3) is 15.8 Å². The Morgan fingerprint density at radius 1 is 1.41 bits per heavy atom. The molecule has 0 saturated carbocycles. The fraction of sp³-hybridized carbons (Fsp3) is 0.360. The van der Waals surface area contributed by atoms with Gasteiger partial charge in [0.2, 0.25) is 0 Å². The average molecular weight is 450 g/mol. The van der Waals surface area contributed by atoms with Crippen LogP contribution >= 0.6 is 11.3 Å². The summed E-state index contributed by atoms with van der Waals surface area (Å²) < 4.78 is 0. The van der Waals surface area contributed by atoms with Crippen molar-refractivity contribution in [1.82, 2.24) is 9.88 Å². The van der Waals surface area contributed by atoms with Gasteiger partial charge in [0.05, 0.1) is 34.0 Å². The Hall–Kier alpha value is -3.24. The van der Waals surface area contributed by atoms with E-state index in [1.54, 1.807) is 25.5 Å². The summed E-state index contributed by atoms with van der Waals surface area (Å²) in [7, 11) is 5.90. The first-order chi connectivity index (χ1) is 15.3. The van der Waals surface area contributed by atoms with Crippen molar-refractivity contribution in [2.75, 3.05) is 26.0 Å². The number of hydrogen-bond donors (Lipinski definition) is 0. The summed E-state index contributed by atoms with van der Waals surface area (Å²) >= 11 is 1.33. The molecule has 0 aromatic carbocycles. The van der Waals surface area contributed by atoms with E-state index in [-0.39, 0.29) is 0 Å². The average Bonchev–Trinajstić information content (AvgIpc) is 3.13. The van der Waals surface area contributed by atoms with Crippen molar-refractivity contribution in [3.8, 4) is 6.07 Å². The van der Waals surface area contributed by atoms with Crippen molar-refractivity contribution in [3.05, 3.63) is 47.0 Å². The van der Waals surface area contributed by atoms with Crippen LogP contribution in [-0.4, -0.2) is 49.7 Å². The molecule has 0 bridgehead atoms. The van der Waals surface area contributed by atoms with E-state index in [1.807, 2.05) is 38.2 Å². The summed E-state index contributed by atoms with van der Waals surface area (Å²) in [5, 5.41) is 10.1. The molecular formula is C25H31N5OS. The summed E-state index contributed by atoms with van der Waals surface area (Å²) in [6, 6.07) is 2.51. The molecule has 7 heteroatoms. The molecule has 0 aliphatic heterocycles. The van der Waals surface area contributed by atoms with Crippen molar-refractivity contribution < 1.29 is 4.79 Å². The van der Waals surface area contributed by atoms with Crippen LogP contribution in [0.15, 0.2) is 41.6 Å². The number of aliphatic imine (C=N–C) groups is 1. The van der Waals surface area contributed by atoms with Crippen molar-refractivity contribution in [2.45, 2.75) is 39.7 Å². The molecule has 2 rings (SSSR count). The van der Waals surface area contributed by atoms with Gasteiger partial charge < -0.3 is 9.80 Å². The predicted octanol–water partition coefficient (Wildman–Crippen LogP) is 5.99. The Morgan fingerprint density at radius 3 is 2.69 bits per heavy atom. The number of aromatic nitrogens is 1. The highest BCUT2D eigenvalue weighted by Crippen LogP contribution is 2.44. The van der Waals surface area contributed by atoms with Crippen LogP contribution in [0, 0.1) is 11.3 Å². The molecule has 0 N–H and O–H groups in total. The fourth-order valence-corrected chi connectivity index (χ4v) is 4.34. The van der Waals surface area contributed by atoms with E-state index in [4.69, 9.17) is 4.99 Å². The van der Waals surface area contributed by atoms with Gasteiger partial charge in [0.1, 0.15) is 4.83 Å². The van der Waals surface area contributed by atoms with Crippen LogP contribution in [0.3, 0.4) is 0 Å². The number of rotatable bonds is 10. The monoisotopic (exact) mass is 449 g/mol. The second-order valence-electron chi connectivity index (χ2n) is 7.87. The molecule has 1 unspecified atom stereocenters. The van der Waals surface area contributed by atoms with Gasteiger partial charge in [-0.1, -0.05) is 32.1 Å². The van der Waals surface area contributed by atoms with E-state index in [9.17, 15) is 10.1 Å². The Balaban J connectivity index is 2.80. The lowest BCUT2D eigenvalue weighted by molar-refractivity contribution is 0.112. The lowest BCUT2D eigenvalue weighted by Crippen LogP contribution is -2.27. The molecule has 1 atom stereocenters. The molecule has 2 aromatic heterocycles. The van der Waals surface area contributed by atoms with Gasteiger partial charge in [0.25, 0.3) is 0 Å². The third kappa shape index (κ3) is 5.51. The molecule has 0 spiro atoms. The van der Waals surface area contributed by atoms with Crippen LogP contribution in [0.1, 0.15) is 48.8 Å². The number of fused-ring (bicyclic) bond motifs is 1. The van der Waals surface area contributed by atoms with Crippen LogP contribution in [-0.2, 0) is 0 Å². The van der Waals surface area contributed by atoms with E-state index in [0.29, 0.717) is 22.2 Å². The number of allylic oxidation sites excluding steroid dienone is 5. The minimum Gasteiger partial charge on any atom is -0.376 e. The summed E-state index contributed by atoms with van der Waals surface area (Å²) in [5.41, 5.74) is 3.75. The number of anilines is 1. The normalized spacial score (nSPS) is 13.3. The first-order valence-electron chi connectivity index (χ1n) is 10.5. The predicted molar refractivity (Wildman–Crippen MR) is 137 cm³/mol. The van der Waals surface area contributed by atoms with Crippen molar-refractivity contribution in [3.63, 3.8) is 0 Å². The fourth-order valence-electron chi connectivity index (χ4n) is 3.43. The van der Waals surface area contributed by atoms with E-state index < -0.39 is 0 Å². The second-order valence-corrected chi connectivity index (χ2v) is 8.90. The third-order valence-electron chi connectivity index (χ3n) is 5.18. The van der Waals surface area contributed by atoms with Crippen LogP contribution < -0.4 is 4.90 Å². The van der Waals surface area contributed by atoms with Gasteiger partial charge >= 0.3 is 0 Å². The van der Waals surface area contributed by atoms with Crippen LogP contribution in [0.4, 0.5) is 11.4 Å². The lowest BCUT2D eigenvalue weighted by atomic mass is 10.0. The molecule has 0 fully saturated rings. The van der Waals surface area contributed by atoms with Gasteiger partial charge in [-0.05, 0) is 31.9 Å². The summed E-state index contributed by atoms with van der Waals surface area (Å²) in [6.45, 7) is 9.89. The minimum atomic E-state index is 0.344. The standard InChI is InChI=1S/C25H31N5OS/c1-8-10-18(4)30(7)16-28-23-21(15-31)32-25-22(23)24(29(5)6)20(14-27-25)19(11-9-2)12-17(3)13-26/h9,11-12,14-16,18H,2,8,10H2,1,3-7H3/b17-12+,19-11+,28-16?. The Morgan fingerprint density at radius 2 is 2.12 bits per heavy atom. The van der Waals surface area contributed by atoms with Gasteiger partial charge in [-0.15, -0.1) is 11.3 Å². The first-order valence-corrected chi connectivity index (χ1v) is 11.4. The first kappa shape index (κ1) is 25.0. The molecule has 0 radical (unpaired) electrons. The van der Waals surface area contributed by atoms with Gasteiger partial charge in [0.15, 0.2) is 6.29 Å². The van der Waals surface area contributed by atoms with E-state index in [0.717, 1.165) is 46.2 Å². The number of pyridine rings is 1. The van der Waals surface area contributed by atoms with E-state index in [1.165, 1.54) is 11.3 Å². The Labute approximate surface area is 194 Å². The Bertz CT molecular complexity index is 1120. The largest absolute Gasteiger partial charge is 0.376 e. The van der Waals surface area contributed by atoms with Crippen LogP contribution in [0.5, 0.6) is 0 Å². The molecule has 2 aromatic rings. The highest BCUT2D eigenvalue weighted by Gasteiger charge is 2.21. The zero-order chi connectivity index (χ0) is 23.8. The SMILES string of the molecule is C=C/C=C(\C=C(/C)C#N)c1cnc2sc(C=O)c(N=CN(C)C(C)CCC)c2c1N(C)C. The number of hydrogen-bond acceptors (Lipinski definition) is 6. The number of thiophene rings is 1. The molecule has 2 heterocycles. The maximum Gasteiger partial charge on any atom is 0.162 e. The van der Waals surface area contributed by atoms with E-state index in [2.05, 4.69) is 36.4 Å². The molecule has 6 nitrogen and oxygen atoms in total. The number of nitrogens with zero attached hydrogens (tertiary/aromatic N) is 5. The van der Waals surface area contributed by atoms with Crippen LogP contribution in [0.2, 0.25) is 0 Å². The summed E-state index contributed by atoms with van der Waals surface area (Å²) in [6.07, 6.45) is 11.9. The maximum absolute atomic E-state index is 11.9. The molecule has 0 aliphatic rings. The van der Waals surface area contributed by atoms with Crippen molar-refractivity contribution in [2.24, 2.45) is 4.99 Å². The number of carbonyl (C=O) groups excluding carboxylic acids is 1. The molecule has 0 amide bonds. The number of aldehydes is 1. The second kappa shape index (κ2) is 11.4. The molecule has 0 aliphatic carbocycles. The van der Waals surface area contributed by atoms with Gasteiger partial charge in [0, 0.05) is 44.5 Å². The van der Waals surface area contributed by atoms with Crippen molar-refractivity contribution >= 4 is 51.1 Å². The zero-order valence-corrected chi connectivity index (χ0v) is 20.5. The highest BCUT2D eigenvalue weighted by atomic mass is 32.1. The zero-order valence-electron chi connectivity index (χ0n) is 19.7. The summed E-state index contributed by atoms with van der Waals surface area (Å²) in [4.78, 5) is 26.6. The molecule has 32 heavy (non-hydrogen) atoms. The highest BCUT2D eigenvalue weighted by molar-refractivity contribution is 7.21. The number of carbonyl (C=O) groups is 1. The molecule has 168 valence electrons. The topological polar surface area (TPSA) is 72.6 Å². The minimum absolute atomic E-state index is 0.344. The lowest BCUT2D eigenvalue weighted by Gasteiger charge is -2.22. The maximum atomic E-state index is 11.9.